The van der Waals surface area contributed by atoms with Crippen molar-refractivity contribution in [3.63, 3.8) is 0 Å². The molecule has 2 aromatic heterocycles. The number of pyridine rings is 1. The van der Waals surface area contributed by atoms with E-state index in [1.54, 1.807) is 24.5 Å². The molecule has 0 bridgehead atoms. The van der Waals surface area contributed by atoms with Gasteiger partial charge >= 0.3 is 35.5 Å². The summed E-state index contributed by atoms with van der Waals surface area (Å²) in [6.07, 6.45) is 3.27. The number of fused-ring (bicyclic) bond motifs is 1. The molecule has 0 unspecified atom stereocenters. The number of carboxylic acid groups (broad SMARTS) is 2. The van der Waals surface area contributed by atoms with E-state index in [0.29, 0.717) is 11.3 Å². The number of rotatable bonds is 11. The van der Waals surface area contributed by atoms with Crippen LogP contribution in [0.4, 0.5) is 5.13 Å². The van der Waals surface area contributed by atoms with Crippen molar-refractivity contribution in [1.29, 1.82) is 0 Å². The molecule has 2 aromatic rings. The quantitative estimate of drug-likeness (QED) is 0.0478. The van der Waals surface area contributed by atoms with Gasteiger partial charge in [-0.2, -0.15) is 5.43 Å². The van der Waals surface area contributed by atoms with Gasteiger partial charge in [0.25, 0.3) is 11.8 Å². The maximum atomic E-state index is 12.9. The first-order chi connectivity index (χ1) is 18.2. The number of anilines is 1. The first-order valence-corrected chi connectivity index (χ1v) is 13.7. The molecule has 5 N–H and O–H groups in total. The predicted molar refractivity (Wildman–Crippen MR) is 136 cm³/mol. The van der Waals surface area contributed by atoms with Crippen LogP contribution in [-0.4, -0.2) is 81.0 Å². The summed E-state index contributed by atoms with van der Waals surface area (Å²) in [4.78, 5) is 59.2. The molecule has 4 heterocycles. The van der Waals surface area contributed by atoms with Crippen LogP contribution in [0.1, 0.15) is 5.69 Å². The zero-order chi connectivity index (χ0) is 27.4. The number of nitrogen functional groups attached to an aromatic ring is 1. The van der Waals surface area contributed by atoms with Gasteiger partial charge in [0.15, 0.2) is 17.4 Å². The van der Waals surface area contributed by atoms with Gasteiger partial charge in [-0.25, -0.2) is 4.98 Å². The summed E-state index contributed by atoms with van der Waals surface area (Å²) in [7, 11) is 1.26. The number of nitrogens with two attached hydrogens (primary N) is 1. The molecule has 2 aliphatic heterocycles. The number of nitrogens with zero attached hydrogens (tertiary/aromatic N) is 4. The van der Waals surface area contributed by atoms with Gasteiger partial charge in [0.1, 0.15) is 24.2 Å². The molecule has 0 saturated carbocycles. The summed E-state index contributed by atoms with van der Waals surface area (Å²) >= 11 is 3.79. The fourth-order valence-electron chi connectivity index (χ4n) is 3.63. The molecule has 4 rings (SSSR count). The van der Waals surface area contributed by atoms with Crippen molar-refractivity contribution < 1.29 is 68.5 Å². The van der Waals surface area contributed by atoms with E-state index in [0.717, 1.165) is 21.1 Å². The van der Waals surface area contributed by atoms with Crippen molar-refractivity contribution in [2.75, 3.05) is 36.3 Å². The number of hydrogen-bond donors (Lipinski definition) is 4. The molecule has 1 saturated heterocycles. The van der Waals surface area contributed by atoms with Gasteiger partial charge in [0.05, 0.1) is 11.7 Å². The Bertz CT molecular complexity index is 1340. The average molecular weight is 603 g/mol. The van der Waals surface area contributed by atoms with Crippen molar-refractivity contribution in [3.05, 3.63) is 46.9 Å². The molecule has 200 valence electrons. The molecule has 18 heteroatoms. The maximum absolute atomic E-state index is 12.9. The third kappa shape index (κ3) is 7.03. The van der Waals surface area contributed by atoms with Crippen LogP contribution in [0, 0.1) is 0 Å². The fourth-order valence-corrected chi connectivity index (χ4v) is 6.55. The summed E-state index contributed by atoms with van der Waals surface area (Å²) in [6, 6.07) is 2.51. The van der Waals surface area contributed by atoms with E-state index in [2.05, 4.69) is 20.9 Å². The molecule has 0 radical (unpaired) electrons. The number of amides is 2. The molecule has 14 nitrogen and oxygen atoms in total. The van der Waals surface area contributed by atoms with Gasteiger partial charge in [-0.1, -0.05) is 9.83 Å². The number of aliphatic carboxylic acids is 2. The Morgan fingerprint density at radius 2 is 2.10 bits per heavy atom. The second-order valence-electron chi connectivity index (χ2n) is 7.75. The van der Waals surface area contributed by atoms with Crippen LogP contribution in [-0.2, 0) is 24.0 Å². The molecule has 0 aromatic carbocycles. The first kappa shape index (κ1) is 30.7. The van der Waals surface area contributed by atoms with Gasteiger partial charge in [0, 0.05) is 33.9 Å². The second kappa shape index (κ2) is 13.5. The Morgan fingerprint density at radius 3 is 2.69 bits per heavy atom. The van der Waals surface area contributed by atoms with E-state index >= 15 is 0 Å². The zero-order valence-electron chi connectivity index (χ0n) is 20.7. The zero-order valence-corrected chi connectivity index (χ0v) is 25.1. The Hall–Kier alpha value is -2.83. The van der Waals surface area contributed by atoms with Crippen LogP contribution in [0.2, 0.25) is 0 Å². The van der Waals surface area contributed by atoms with Gasteiger partial charge in [0.2, 0.25) is 12.4 Å². The first-order valence-electron chi connectivity index (χ1n) is 10.8. The minimum Gasteiger partial charge on any atom is -0.543 e. The molecule has 2 atom stereocenters. The third-order valence-electron chi connectivity index (χ3n) is 5.31. The SMILES string of the molecule is CO/N=C(/C(=O)N[C@@H]1C(=O)N2C(C(=O)[O-])=C(CSc3cc[n+](NCC(=O)O)cc3)CS[C@H]12)c1csc(N)n1.[Na+]. The second-order valence-corrected chi connectivity index (χ2v) is 10.8. The van der Waals surface area contributed by atoms with Gasteiger partial charge in [-0.15, -0.1) is 34.9 Å². The molecular formula is C21H21N7NaO7S3+. The molecule has 39 heavy (non-hydrogen) atoms. The smallest absolute Gasteiger partial charge is 0.543 e. The summed E-state index contributed by atoms with van der Waals surface area (Å²) in [5.74, 6) is -3.18. The number of thioether (sulfide) groups is 2. The molecule has 0 aliphatic carbocycles. The van der Waals surface area contributed by atoms with Crippen molar-refractivity contribution >= 4 is 69.5 Å². The standard InChI is InChI=1S/C21H21N7O7S3.Na/c1-35-26-14(12-9-38-21(22)24-12)17(31)25-15-18(32)28-16(20(33)34)10(8-37-19(15)28)7-36-11-2-4-27(5-3-11)23-6-13(29)30;/h2-5,9,15,19,23H,6-8H2,1H3,(H4-,22,24,25,29,30,31,33,34);/q;+1/b26-14+;/t15-,19-;/m1./s1. The molecule has 1 fully saturated rings. The molecule has 0 spiro atoms. The number of thiazole rings is 1. The van der Waals surface area contributed by atoms with Gasteiger partial charge in [-0.05, 0) is 5.57 Å². The average Bonchev–Trinajstić information content (AvgIpc) is 3.33. The van der Waals surface area contributed by atoms with Crippen molar-refractivity contribution in [3.8, 4) is 0 Å². The summed E-state index contributed by atoms with van der Waals surface area (Å²) < 4.78 is 1.49. The van der Waals surface area contributed by atoms with Crippen LogP contribution < -0.4 is 55.8 Å². The van der Waals surface area contributed by atoms with Crippen LogP contribution in [0.5, 0.6) is 0 Å². The number of nitrogens with one attached hydrogen (secondary N) is 2. The van der Waals surface area contributed by atoms with Gasteiger partial charge < -0.3 is 30.9 Å². The van der Waals surface area contributed by atoms with Crippen molar-refractivity contribution in [2.45, 2.75) is 16.3 Å². The van der Waals surface area contributed by atoms with E-state index < -0.39 is 35.2 Å². The van der Waals surface area contributed by atoms with Crippen molar-refractivity contribution in [1.82, 2.24) is 15.2 Å². The predicted octanol–water partition coefficient (Wildman–Crippen LogP) is -4.81. The van der Waals surface area contributed by atoms with Crippen LogP contribution in [0.15, 0.2) is 51.2 Å². The van der Waals surface area contributed by atoms with E-state index in [-0.39, 0.29) is 64.1 Å². The number of hydrogen-bond acceptors (Lipinski definition) is 13. The minimum atomic E-state index is -1.48. The molecular weight excluding hydrogens is 581 g/mol. The van der Waals surface area contributed by atoms with E-state index in [1.165, 1.54) is 40.7 Å². The van der Waals surface area contributed by atoms with E-state index in [9.17, 15) is 24.3 Å². The summed E-state index contributed by atoms with van der Waals surface area (Å²) in [6.45, 7) is -0.247. The topological polar surface area (TPSA) is 203 Å². The summed E-state index contributed by atoms with van der Waals surface area (Å²) in [5.41, 5.74) is 8.63. The van der Waals surface area contributed by atoms with Crippen LogP contribution in [0.3, 0.4) is 0 Å². The Balaban J connectivity index is 0.00000420. The van der Waals surface area contributed by atoms with Crippen LogP contribution >= 0.6 is 34.9 Å². The van der Waals surface area contributed by atoms with Crippen LogP contribution in [0.25, 0.3) is 0 Å². The fraction of sp³-hybridized carbons (Fsp3) is 0.286. The Kier molecular flexibility index (Phi) is 10.6. The number of carboxylic acids is 2. The molecule has 2 aliphatic rings. The normalized spacial score (nSPS) is 18.4. The van der Waals surface area contributed by atoms with Crippen molar-refractivity contribution in [2.24, 2.45) is 5.16 Å². The van der Waals surface area contributed by atoms with Gasteiger partial charge in [-0.3, -0.25) is 19.3 Å². The Labute approximate surface area is 256 Å². The summed E-state index contributed by atoms with van der Waals surface area (Å²) in [5, 5.41) is 28.2. The number of carbonyl (C=O) groups excluding carboxylic acids is 3. The maximum Gasteiger partial charge on any atom is 1.00 e. The number of oxime groups is 1. The largest absolute Gasteiger partial charge is 1.00 e. The number of β-lactam (4-membered cyclic amide) rings is 1. The number of carbonyl (C=O) groups is 4. The monoisotopic (exact) mass is 602 g/mol. The Morgan fingerprint density at radius 1 is 1.38 bits per heavy atom. The minimum absolute atomic E-state index is 0. The van der Waals surface area contributed by atoms with E-state index in [1.807, 2.05) is 0 Å². The number of aromatic nitrogens is 2. The third-order valence-corrected chi connectivity index (χ3v) is 8.43. The van der Waals surface area contributed by atoms with E-state index in [4.69, 9.17) is 15.7 Å². The molecule has 2 amide bonds.